The summed E-state index contributed by atoms with van der Waals surface area (Å²) in [7, 11) is 9.42. The Morgan fingerprint density at radius 2 is 1.62 bits per heavy atom. The standard InChI is InChI=1S/C38H51N5O8S2.C16H21NO3/c1-37(2,9-10-39)21-38(3,4)22-41-33(44)8-14-52-53-15-13-49-36(46)42(5)11-12-43-34-26-18-31-32(51-23-50-31)19-28(26)40-20-27(34)24-16-29(47-6)30(48-7)17-25(24)35(43)45;1-4-5-6-12-10-15(12)20-16(18)17-13-9-11(2)7-8-14(13)19-3/h16-20H,8-15,21-23,39H2,1-7H3,(H,41,44);6-9,15H,4-5,10H2,1-3H3,(H,17,18)/b;12-6-. The van der Waals surface area contributed by atoms with E-state index in [0.717, 1.165) is 43.1 Å². The molecule has 0 bridgehead atoms. The number of hydrogen-bond donors (Lipinski definition) is 3. The molecule has 0 radical (unpaired) electrons. The van der Waals surface area contributed by atoms with Gasteiger partial charge in [0.05, 0.1) is 43.4 Å². The molecule has 0 spiro atoms. The Morgan fingerprint density at radius 3 is 2.32 bits per heavy atom. The number of nitrogens with zero attached hydrogens (tertiary/aromatic N) is 3. The minimum atomic E-state index is -0.494. The predicted molar refractivity (Wildman–Crippen MR) is 292 cm³/mol. The molecule has 7 rings (SSSR count). The molecule has 4 N–H and O–H groups in total. The monoisotopic (exact) mass is 1040 g/mol. The van der Waals surface area contributed by atoms with E-state index >= 15 is 0 Å². The summed E-state index contributed by atoms with van der Waals surface area (Å²) in [5, 5.41) is 8.35. The first-order valence-electron chi connectivity index (χ1n) is 24.6. The van der Waals surface area contributed by atoms with E-state index in [1.54, 1.807) is 71.8 Å². The Labute approximate surface area is 435 Å². The Kier molecular flexibility index (Phi) is 19.8. The zero-order valence-corrected chi connectivity index (χ0v) is 45.5. The fourth-order valence-corrected chi connectivity index (χ4v) is 10.7. The van der Waals surface area contributed by atoms with Gasteiger partial charge < -0.3 is 53.7 Å². The van der Waals surface area contributed by atoms with Gasteiger partial charge in [0, 0.05) is 79.5 Å². The van der Waals surface area contributed by atoms with Crippen LogP contribution in [0.5, 0.6) is 28.7 Å². The molecule has 19 heteroatoms. The molecule has 396 valence electrons. The molecule has 1 unspecified atom stereocenters. The number of hydrogen-bond acceptors (Lipinski definition) is 15. The third kappa shape index (κ3) is 15.3. The summed E-state index contributed by atoms with van der Waals surface area (Å²) in [5.41, 5.74) is 9.82. The van der Waals surface area contributed by atoms with Gasteiger partial charge in [-0.15, -0.1) is 0 Å². The average Bonchev–Trinajstić information content (AvgIpc) is 3.92. The molecule has 1 aliphatic carbocycles. The van der Waals surface area contributed by atoms with Crippen molar-refractivity contribution in [2.24, 2.45) is 16.6 Å². The zero-order chi connectivity index (χ0) is 52.9. The Morgan fingerprint density at radius 1 is 0.918 bits per heavy atom. The van der Waals surface area contributed by atoms with Crippen LogP contribution in [0.4, 0.5) is 15.3 Å². The maximum absolute atomic E-state index is 14.2. The highest BCUT2D eigenvalue weighted by molar-refractivity contribution is 8.76. The van der Waals surface area contributed by atoms with Gasteiger partial charge in [-0.2, -0.15) is 0 Å². The van der Waals surface area contributed by atoms with E-state index in [4.69, 9.17) is 43.9 Å². The number of nitrogens with two attached hydrogens (primary N) is 1. The van der Waals surface area contributed by atoms with E-state index in [2.05, 4.69) is 51.3 Å². The van der Waals surface area contributed by atoms with Crippen molar-refractivity contribution < 1.29 is 47.5 Å². The number of aromatic nitrogens is 2. The molecule has 3 aromatic carbocycles. The van der Waals surface area contributed by atoms with Crippen molar-refractivity contribution in [1.29, 1.82) is 0 Å². The number of unbranched alkanes of at least 4 members (excludes halogenated alkanes) is 1. The van der Waals surface area contributed by atoms with E-state index in [9.17, 15) is 19.2 Å². The third-order valence-electron chi connectivity index (χ3n) is 12.5. The number of carbonyl (C=O) groups excluding carboxylic acids is 3. The number of benzene rings is 3. The van der Waals surface area contributed by atoms with Crippen LogP contribution in [0.25, 0.3) is 32.6 Å². The SMILES string of the molecule is CCC/C=C1/CC1OC(=O)Nc1cc(C)ccc1OC.COc1cc2c(=O)n(CCN(C)C(=O)OCCSSCCC(=O)NCC(C)(C)CC(C)(C)CCN)c3c4cc5c(cc4ncc3c2cc1OC)OCO5. The molecule has 1 saturated carbocycles. The van der Waals surface area contributed by atoms with Crippen LogP contribution in [0.1, 0.15) is 78.7 Å². The first kappa shape index (κ1) is 56.2. The zero-order valence-electron chi connectivity index (χ0n) is 43.9. The second-order valence-electron chi connectivity index (χ2n) is 19.7. The van der Waals surface area contributed by atoms with Gasteiger partial charge in [-0.1, -0.05) is 74.8 Å². The van der Waals surface area contributed by atoms with Crippen LogP contribution in [-0.2, 0) is 20.8 Å². The van der Waals surface area contributed by atoms with Crippen LogP contribution < -0.4 is 45.6 Å². The van der Waals surface area contributed by atoms with Crippen LogP contribution in [0.3, 0.4) is 0 Å². The highest BCUT2D eigenvalue weighted by Gasteiger charge is 2.33. The van der Waals surface area contributed by atoms with Crippen molar-refractivity contribution in [3.63, 3.8) is 0 Å². The van der Waals surface area contributed by atoms with Crippen LogP contribution in [0, 0.1) is 17.8 Å². The molecular formula is C54H72N6O11S2. The fraction of sp³-hybridized carbons (Fsp3) is 0.500. The summed E-state index contributed by atoms with van der Waals surface area (Å²) in [4.78, 5) is 57.6. The largest absolute Gasteiger partial charge is 0.495 e. The molecule has 3 amide bonds. The maximum Gasteiger partial charge on any atom is 0.412 e. The number of amides is 3. The third-order valence-corrected chi connectivity index (χ3v) is 14.9. The van der Waals surface area contributed by atoms with Gasteiger partial charge in [-0.3, -0.25) is 19.9 Å². The number of nitrogens with one attached hydrogen (secondary N) is 2. The van der Waals surface area contributed by atoms with E-state index < -0.39 is 12.2 Å². The van der Waals surface area contributed by atoms with Crippen molar-refractivity contribution >= 4 is 77.9 Å². The average molecular weight is 1050 g/mol. The van der Waals surface area contributed by atoms with Crippen molar-refractivity contribution in [2.45, 2.75) is 92.7 Å². The van der Waals surface area contributed by atoms with Gasteiger partial charge in [-0.05, 0) is 85.0 Å². The molecule has 0 saturated heterocycles. The smallest absolute Gasteiger partial charge is 0.412 e. The normalized spacial score (nSPS) is 14.4. The summed E-state index contributed by atoms with van der Waals surface area (Å²) in [5.74, 6) is 3.96. The first-order valence-corrected chi connectivity index (χ1v) is 27.1. The Hall–Kier alpha value is -6.05. The second-order valence-corrected chi connectivity index (χ2v) is 22.4. The van der Waals surface area contributed by atoms with Crippen molar-refractivity contribution in [1.82, 2.24) is 19.8 Å². The molecular weight excluding hydrogens is 973 g/mol. The van der Waals surface area contributed by atoms with Gasteiger partial charge in [0.15, 0.2) is 23.0 Å². The van der Waals surface area contributed by atoms with Gasteiger partial charge >= 0.3 is 12.2 Å². The number of ether oxygens (including phenoxy) is 7. The van der Waals surface area contributed by atoms with Gasteiger partial charge in [0.25, 0.3) is 5.56 Å². The van der Waals surface area contributed by atoms with Gasteiger partial charge in [0.1, 0.15) is 18.5 Å². The lowest BCUT2D eigenvalue weighted by molar-refractivity contribution is -0.121. The number of methoxy groups -OCH3 is 3. The number of anilines is 1. The van der Waals surface area contributed by atoms with E-state index in [1.165, 1.54) is 17.6 Å². The van der Waals surface area contributed by atoms with Crippen LogP contribution in [0.2, 0.25) is 0 Å². The van der Waals surface area contributed by atoms with Gasteiger partial charge in [0.2, 0.25) is 12.7 Å². The molecule has 1 fully saturated rings. The fourth-order valence-electron chi connectivity index (χ4n) is 8.93. The van der Waals surface area contributed by atoms with Crippen LogP contribution in [0.15, 0.2) is 65.1 Å². The number of pyridine rings is 2. The number of allylic oxidation sites excluding steroid dienone is 1. The molecule has 17 nitrogen and oxygen atoms in total. The Balaban J connectivity index is 0.000000362. The molecule has 2 aromatic heterocycles. The van der Waals surface area contributed by atoms with E-state index in [1.807, 2.05) is 31.2 Å². The highest BCUT2D eigenvalue weighted by Crippen LogP contribution is 2.41. The van der Waals surface area contributed by atoms with E-state index in [0.29, 0.717) is 92.6 Å². The number of likely N-dealkylation sites (N-methyl/N-ethyl adjacent to an activating group) is 1. The number of carbonyl (C=O) groups is 3. The summed E-state index contributed by atoms with van der Waals surface area (Å²) < 4.78 is 40.0. The quantitative estimate of drug-likeness (QED) is 0.0241. The predicted octanol–water partition coefficient (Wildman–Crippen LogP) is 10.2. The minimum Gasteiger partial charge on any atom is -0.495 e. The first-order chi connectivity index (χ1) is 34.9. The molecule has 5 aromatic rings. The highest BCUT2D eigenvalue weighted by atomic mass is 33.1. The molecule has 73 heavy (non-hydrogen) atoms. The van der Waals surface area contributed by atoms with Crippen LogP contribution in [-0.4, -0.2) is 112 Å². The lowest BCUT2D eigenvalue weighted by atomic mass is 9.73. The lowest BCUT2D eigenvalue weighted by Gasteiger charge is -2.35. The number of rotatable bonds is 23. The molecule has 3 heterocycles. The second kappa shape index (κ2) is 25.7. The van der Waals surface area contributed by atoms with Crippen molar-refractivity contribution in [3.8, 4) is 28.7 Å². The van der Waals surface area contributed by atoms with Crippen molar-refractivity contribution in [2.75, 3.05) is 78.2 Å². The summed E-state index contributed by atoms with van der Waals surface area (Å²) >= 11 is 0. The van der Waals surface area contributed by atoms with Gasteiger partial charge in [-0.25, -0.2) is 9.59 Å². The lowest BCUT2D eigenvalue weighted by Crippen LogP contribution is -2.37. The summed E-state index contributed by atoms with van der Waals surface area (Å²) in [6.45, 7) is 14.9. The topological polar surface area (TPSA) is 204 Å². The summed E-state index contributed by atoms with van der Waals surface area (Å²) in [6, 6.07) is 12.7. The van der Waals surface area contributed by atoms with Crippen molar-refractivity contribution in [3.05, 3.63) is 76.2 Å². The molecule has 1 aliphatic heterocycles. The maximum atomic E-state index is 14.2. The molecule has 2 aliphatic rings. The number of fused-ring (bicyclic) bond motifs is 6. The Bertz CT molecular complexity index is 2850. The summed E-state index contributed by atoms with van der Waals surface area (Å²) in [6.07, 6.45) is 8.28. The van der Waals surface area contributed by atoms with E-state index in [-0.39, 0.29) is 54.9 Å². The minimum absolute atomic E-state index is 0.0215. The van der Waals surface area contributed by atoms with Crippen LogP contribution >= 0.6 is 21.6 Å². The number of aryl methyl sites for hydroxylation is 1. The molecule has 1 atom stereocenters.